The Morgan fingerprint density at radius 1 is 1.17 bits per heavy atom. The van der Waals surface area contributed by atoms with Gasteiger partial charge in [0.15, 0.2) is 12.4 Å². The van der Waals surface area contributed by atoms with E-state index in [1.165, 1.54) is 0 Å². The Labute approximate surface area is 153 Å². The zero-order valence-corrected chi connectivity index (χ0v) is 16.3. The molecular formula is C19H23BrN2O2. The third-order valence-corrected chi connectivity index (χ3v) is 4.08. The van der Waals surface area contributed by atoms with E-state index >= 15 is 0 Å². The minimum Gasteiger partial charge on any atom is -1.00 e. The number of hydrogen-bond donors (Lipinski definition) is 0. The maximum Gasteiger partial charge on any atom is 0.205 e. The van der Waals surface area contributed by atoms with E-state index in [1.807, 2.05) is 44.8 Å². The predicted octanol–water partition coefficient (Wildman–Crippen LogP) is 0.342. The van der Waals surface area contributed by atoms with Gasteiger partial charge in [0.05, 0.1) is 18.0 Å². The van der Waals surface area contributed by atoms with Crippen molar-refractivity contribution in [3.8, 4) is 5.75 Å². The number of pyridine rings is 2. The molecule has 2 aromatic rings. The van der Waals surface area contributed by atoms with Crippen LogP contribution in [0, 0.1) is 13.8 Å². The largest absolute Gasteiger partial charge is 1.00 e. The van der Waals surface area contributed by atoms with E-state index in [2.05, 4.69) is 31.2 Å². The summed E-state index contributed by atoms with van der Waals surface area (Å²) in [5.74, 6) is 0.269. The smallest absolute Gasteiger partial charge is 0.205 e. The number of hydrogen-bond acceptors (Lipinski definition) is 3. The molecule has 0 spiro atoms. The fourth-order valence-electron chi connectivity index (χ4n) is 2.65. The predicted molar refractivity (Wildman–Crippen MR) is 89.8 cm³/mol. The Kier molecular flexibility index (Phi) is 5.45. The van der Waals surface area contributed by atoms with Crippen LogP contribution in [-0.2, 0) is 18.4 Å². The molecule has 1 aliphatic rings. The van der Waals surface area contributed by atoms with Crippen LogP contribution in [0.25, 0.3) is 12.2 Å². The molecule has 24 heavy (non-hydrogen) atoms. The van der Waals surface area contributed by atoms with E-state index in [1.54, 1.807) is 0 Å². The molecule has 0 unspecified atom stereocenters. The first-order chi connectivity index (χ1) is 10.9. The van der Waals surface area contributed by atoms with E-state index in [-0.39, 0.29) is 17.0 Å². The number of aryl methyl sites for hydroxylation is 2. The maximum atomic E-state index is 5.95. The molecule has 5 heteroatoms. The molecule has 0 aromatic carbocycles. The molecule has 128 valence electrons. The van der Waals surface area contributed by atoms with Crippen molar-refractivity contribution in [2.75, 3.05) is 0 Å². The summed E-state index contributed by atoms with van der Waals surface area (Å²) >= 11 is 0. The SMILES string of the molecule is Cc1nc(/C=C/c2cc[n+](C)cc2)c(C)c2c1OC(C)(C)OC2.[Br-]. The summed E-state index contributed by atoms with van der Waals surface area (Å²) in [6.45, 7) is 8.46. The van der Waals surface area contributed by atoms with E-state index in [0.29, 0.717) is 6.61 Å². The standard InChI is InChI=1S/C19H23N2O2.BrH/c1-13-16-12-22-19(3,4)23-18(16)14(2)20-17(13)7-6-15-8-10-21(5)11-9-15;/h6-11H,12H2,1-5H3;1H/q+1;/p-1/b7-6+;. The molecule has 3 heterocycles. The summed E-state index contributed by atoms with van der Waals surface area (Å²) < 4.78 is 13.7. The van der Waals surface area contributed by atoms with Crippen molar-refractivity contribution in [1.29, 1.82) is 0 Å². The van der Waals surface area contributed by atoms with Gasteiger partial charge in [0.25, 0.3) is 0 Å². The average molecular weight is 391 g/mol. The molecule has 0 N–H and O–H groups in total. The van der Waals surface area contributed by atoms with Crippen molar-refractivity contribution in [2.45, 2.75) is 40.1 Å². The molecule has 0 atom stereocenters. The number of fused-ring (bicyclic) bond motifs is 1. The lowest BCUT2D eigenvalue weighted by Crippen LogP contribution is -3.00. The second-order valence-electron chi connectivity index (χ2n) is 6.44. The van der Waals surface area contributed by atoms with E-state index in [4.69, 9.17) is 14.5 Å². The summed E-state index contributed by atoms with van der Waals surface area (Å²) in [5, 5.41) is 0. The van der Waals surface area contributed by atoms with Gasteiger partial charge in [0.1, 0.15) is 12.8 Å². The van der Waals surface area contributed by atoms with Gasteiger partial charge in [-0.15, -0.1) is 0 Å². The Balaban J connectivity index is 0.00000208. The molecule has 0 fully saturated rings. The summed E-state index contributed by atoms with van der Waals surface area (Å²) in [4.78, 5) is 4.71. The Morgan fingerprint density at radius 3 is 2.50 bits per heavy atom. The van der Waals surface area contributed by atoms with Crippen molar-refractivity contribution in [1.82, 2.24) is 4.98 Å². The van der Waals surface area contributed by atoms with Crippen LogP contribution in [0.3, 0.4) is 0 Å². The molecule has 0 aliphatic carbocycles. The van der Waals surface area contributed by atoms with Crippen LogP contribution in [0.1, 0.15) is 41.9 Å². The van der Waals surface area contributed by atoms with Gasteiger partial charge in [-0.3, -0.25) is 0 Å². The highest BCUT2D eigenvalue weighted by Gasteiger charge is 2.30. The lowest BCUT2D eigenvalue weighted by atomic mass is 10.0. The van der Waals surface area contributed by atoms with Crippen LogP contribution in [0.4, 0.5) is 0 Å². The van der Waals surface area contributed by atoms with Crippen LogP contribution in [0.15, 0.2) is 24.5 Å². The highest BCUT2D eigenvalue weighted by atomic mass is 79.9. The Morgan fingerprint density at radius 2 is 1.83 bits per heavy atom. The Hall–Kier alpha value is -1.72. The monoisotopic (exact) mass is 390 g/mol. The molecule has 1 aliphatic heterocycles. The summed E-state index contributed by atoms with van der Waals surface area (Å²) in [6.07, 6.45) is 8.19. The van der Waals surface area contributed by atoms with Gasteiger partial charge >= 0.3 is 0 Å². The van der Waals surface area contributed by atoms with E-state index in [0.717, 1.165) is 33.8 Å². The highest BCUT2D eigenvalue weighted by Crippen LogP contribution is 2.36. The van der Waals surface area contributed by atoms with Gasteiger partial charge in [-0.1, -0.05) is 6.08 Å². The zero-order valence-electron chi connectivity index (χ0n) is 14.8. The molecule has 0 saturated carbocycles. The number of nitrogens with zero attached hydrogens (tertiary/aromatic N) is 2. The average Bonchev–Trinajstić information content (AvgIpc) is 2.50. The van der Waals surface area contributed by atoms with E-state index < -0.39 is 5.79 Å². The number of aromatic nitrogens is 2. The van der Waals surface area contributed by atoms with Crippen LogP contribution in [-0.4, -0.2) is 10.8 Å². The zero-order chi connectivity index (χ0) is 16.6. The van der Waals surface area contributed by atoms with Crippen LogP contribution in [0.5, 0.6) is 5.75 Å². The summed E-state index contributed by atoms with van der Waals surface area (Å²) in [6, 6.07) is 4.15. The fraction of sp³-hybridized carbons (Fsp3) is 0.368. The molecule has 0 amide bonds. The second kappa shape index (κ2) is 7.03. The minimum absolute atomic E-state index is 0. The normalized spacial score (nSPS) is 15.5. The number of halogens is 1. The quantitative estimate of drug-likeness (QED) is 0.693. The van der Waals surface area contributed by atoms with Gasteiger partial charge in [0.2, 0.25) is 5.79 Å². The van der Waals surface area contributed by atoms with Gasteiger partial charge < -0.3 is 26.5 Å². The van der Waals surface area contributed by atoms with E-state index in [9.17, 15) is 0 Å². The van der Waals surface area contributed by atoms with Crippen LogP contribution >= 0.6 is 0 Å². The summed E-state index contributed by atoms with van der Waals surface area (Å²) in [5.41, 5.74) is 5.21. The summed E-state index contributed by atoms with van der Waals surface area (Å²) in [7, 11) is 2.01. The molecule has 0 radical (unpaired) electrons. The molecule has 2 aromatic heterocycles. The van der Waals surface area contributed by atoms with Crippen molar-refractivity contribution < 1.29 is 31.0 Å². The highest BCUT2D eigenvalue weighted by molar-refractivity contribution is 5.70. The first-order valence-corrected chi connectivity index (χ1v) is 7.82. The first kappa shape index (κ1) is 18.6. The van der Waals surface area contributed by atoms with Gasteiger partial charge in [-0.2, -0.15) is 0 Å². The third kappa shape index (κ3) is 3.84. The lowest BCUT2D eigenvalue weighted by molar-refractivity contribution is -0.671. The molecule has 3 rings (SSSR count). The van der Waals surface area contributed by atoms with Crippen molar-refractivity contribution >= 4 is 12.2 Å². The first-order valence-electron chi connectivity index (χ1n) is 7.82. The fourth-order valence-corrected chi connectivity index (χ4v) is 2.65. The molecule has 0 saturated heterocycles. The molecular weight excluding hydrogens is 368 g/mol. The minimum atomic E-state index is -0.594. The van der Waals surface area contributed by atoms with Crippen molar-refractivity contribution in [2.24, 2.45) is 7.05 Å². The van der Waals surface area contributed by atoms with Crippen molar-refractivity contribution in [3.63, 3.8) is 0 Å². The lowest BCUT2D eigenvalue weighted by Gasteiger charge is -2.34. The number of rotatable bonds is 2. The molecule has 0 bridgehead atoms. The maximum absolute atomic E-state index is 5.95. The third-order valence-electron chi connectivity index (χ3n) is 4.08. The van der Waals surface area contributed by atoms with Gasteiger partial charge in [-0.25, -0.2) is 9.55 Å². The van der Waals surface area contributed by atoms with Crippen LogP contribution in [0.2, 0.25) is 0 Å². The van der Waals surface area contributed by atoms with Gasteiger partial charge in [0, 0.05) is 31.5 Å². The number of ether oxygens (including phenoxy) is 2. The molecule has 4 nitrogen and oxygen atoms in total. The Bertz CT molecular complexity index is 768. The topological polar surface area (TPSA) is 35.2 Å². The second-order valence-corrected chi connectivity index (χ2v) is 6.44. The van der Waals surface area contributed by atoms with Gasteiger partial charge in [-0.05, 0) is 31.1 Å². The van der Waals surface area contributed by atoms with Crippen molar-refractivity contribution in [3.05, 3.63) is 52.6 Å². The van der Waals surface area contributed by atoms with Crippen LogP contribution < -0.4 is 26.3 Å².